The van der Waals surface area contributed by atoms with Crippen molar-refractivity contribution in [3.05, 3.63) is 46.0 Å². The molecule has 0 bridgehead atoms. The van der Waals surface area contributed by atoms with Gasteiger partial charge in [-0.15, -0.1) is 0 Å². The van der Waals surface area contributed by atoms with Crippen molar-refractivity contribution in [3.63, 3.8) is 0 Å². The number of benzene rings is 1. The summed E-state index contributed by atoms with van der Waals surface area (Å²) in [6, 6.07) is 6.66. The zero-order valence-corrected chi connectivity index (χ0v) is 8.69. The molecule has 1 aromatic heterocycles. The lowest BCUT2D eigenvalue weighted by Crippen LogP contribution is -2.07. The molecule has 2 aromatic rings. The van der Waals surface area contributed by atoms with E-state index in [0.717, 1.165) is 12.0 Å². The zero-order chi connectivity index (χ0) is 11.7. The molecular weight excluding hydrogens is 208 g/mol. The van der Waals surface area contributed by atoms with Crippen LogP contribution in [0.25, 0.3) is 10.8 Å². The molecule has 0 atom stereocenters. The largest absolute Gasteiger partial charge is 0.475 e. The van der Waals surface area contributed by atoms with E-state index in [1.54, 1.807) is 12.1 Å². The van der Waals surface area contributed by atoms with Crippen LogP contribution in [0, 0.1) is 0 Å². The van der Waals surface area contributed by atoms with Crippen molar-refractivity contribution in [2.75, 3.05) is 0 Å². The van der Waals surface area contributed by atoms with E-state index in [1.165, 1.54) is 6.07 Å². The van der Waals surface area contributed by atoms with Crippen molar-refractivity contribution in [1.82, 2.24) is 0 Å². The number of aryl methyl sites for hydroxylation is 1. The summed E-state index contributed by atoms with van der Waals surface area (Å²) in [5.74, 6) is -1.55. The van der Waals surface area contributed by atoms with Gasteiger partial charge in [-0.2, -0.15) is 0 Å². The van der Waals surface area contributed by atoms with Gasteiger partial charge in [0, 0.05) is 0 Å². The molecule has 1 heterocycles. The van der Waals surface area contributed by atoms with Crippen molar-refractivity contribution in [2.24, 2.45) is 0 Å². The van der Waals surface area contributed by atoms with E-state index in [-0.39, 0.29) is 5.76 Å². The van der Waals surface area contributed by atoms with Crippen LogP contribution in [0.2, 0.25) is 0 Å². The highest BCUT2D eigenvalue weighted by molar-refractivity contribution is 5.92. The molecule has 4 nitrogen and oxygen atoms in total. The van der Waals surface area contributed by atoms with Crippen LogP contribution in [-0.2, 0) is 6.42 Å². The Labute approximate surface area is 91.1 Å². The van der Waals surface area contributed by atoms with Crippen molar-refractivity contribution in [2.45, 2.75) is 13.3 Å². The second kappa shape index (κ2) is 3.81. The number of fused-ring (bicyclic) bond motifs is 1. The van der Waals surface area contributed by atoms with Gasteiger partial charge in [0.1, 0.15) is 0 Å². The van der Waals surface area contributed by atoms with E-state index in [2.05, 4.69) is 0 Å². The lowest BCUT2D eigenvalue weighted by Gasteiger charge is -2.03. The van der Waals surface area contributed by atoms with Crippen LogP contribution < -0.4 is 5.63 Å². The third kappa shape index (κ3) is 1.58. The molecule has 0 saturated heterocycles. The smallest absolute Gasteiger partial charge is 0.371 e. The number of hydrogen-bond donors (Lipinski definition) is 1. The second-order valence-electron chi connectivity index (χ2n) is 3.44. The predicted octanol–water partition coefficient (Wildman–Crippen LogP) is 2.05. The Morgan fingerprint density at radius 3 is 2.75 bits per heavy atom. The highest BCUT2D eigenvalue weighted by Crippen LogP contribution is 2.17. The van der Waals surface area contributed by atoms with Crippen LogP contribution in [-0.4, -0.2) is 11.1 Å². The van der Waals surface area contributed by atoms with Gasteiger partial charge in [-0.3, -0.25) is 0 Å². The molecule has 4 heteroatoms. The van der Waals surface area contributed by atoms with Gasteiger partial charge in [0.2, 0.25) is 5.76 Å². The Kier molecular flexibility index (Phi) is 2.48. The summed E-state index contributed by atoms with van der Waals surface area (Å²) in [7, 11) is 0. The molecule has 0 radical (unpaired) electrons. The molecule has 0 aliphatic heterocycles. The second-order valence-corrected chi connectivity index (χ2v) is 3.44. The Morgan fingerprint density at radius 1 is 1.38 bits per heavy atom. The average Bonchev–Trinajstić information content (AvgIpc) is 2.28. The van der Waals surface area contributed by atoms with Crippen molar-refractivity contribution >= 4 is 16.7 Å². The monoisotopic (exact) mass is 218 g/mol. The highest BCUT2D eigenvalue weighted by atomic mass is 16.4. The number of carbonyl (C=O) groups is 1. The highest BCUT2D eigenvalue weighted by Gasteiger charge is 2.11. The van der Waals surface area contributed by atoms with Gasteiger partial charge in [-0.05, 0) is 29.5 Å². The molecule has 0 fully saturated rings. The molecule has 0 unspecified atom stereocenters. The fraction of sp³-hybridized carbons (Fsp3) is 0.167. The molecule has 1 N–H and O–H groups in total. The summed E-state index contributed by atoms with van der Waals surface area (Å²) in [6.45, 7) is 1.95. The fourth-order valence-corrected chi connectivity index (χ4v) is 1.69. The summed E-state index contributed by atoms with van der Waals surface area (Å²) in [5.41, 5.74) is 0.332. The summed E-state index contributed by atoms with van der Waals surface area (Å²) in [4.78, 5) is 22.3. The van der Waals surface area contributed by atoms with E-state index in [1.807, 2.05) is 13.0 Å². The Morgan fingerprint density at radius 2 is 2.12 bits per heavy atom. The Bertz CT molecular complexity index is 610. The molecule has 2 rings (SSSR count). The molecule has 16 heavy (non-hydrogen) atoms. The molecule has 1 aromatic carbocycles. The van der Waals surface area contributed by atoms with Crippen molar-refractivity contribution in [1.29, 1.82) is 0 Å². The first-order valence-electron chi connectivity index (χ1n) is 4.92. The third-order valence-electron chi connectivity index (χ3n) is 2.49. The number of carboxylic acids is 1. The van der Waals surface area contributed by atoms with Gasteiger partial charge in [0.25, 0.3) is 0 Å². The van der Waals surface area contributed by atoms with E-state index in [9.17, 15) is 9.59 Å². The van der Waals surface area contributed by atoms with Crippen molar-refractivity contribution < 1.29 is 14.3 Å². The lowest BCUT2D eigenvalue weighted by molar-refractivity contribution is 0.0658. The van der Waals surface area contributed by atoms with Gasteiger partial charge in [0.15, 0.2) is 0 Å². The first kappa shape index (κ1) is 10.4. The molecule has 82 valence electrons. The van der Waals surface area contributed by atoms with E-state index < -0.39 is 11.6 Å². The van der Waals surface area contributed by atoms with Crippen LogP contribution in [0.1, 0.15) is 23.0 Å². The number of aromatic carboxylic acids is 1. The molecular formula is C12H10O4. The molecule has 0 spiro atoms. The van der Waals surface area contributed by atoms with Crippen LogP contribution in [0.15, 0.2) is 33.5 Å². The molecule has 0 aliphatic rings. The van der Waals surface area contributed by atoms with Crippen LogP contribution in [0.4, 0.5) is 0 Å². The van der Waals surface area contributed by atoms with Gasteiger partial charge in [0.05, 0.1) is 5.39 Å². The average molecular weight is 218 g/mol. The fourth-order valence-electron chi connectivity index (χ4n) is 1.69. The molecule has 0 saturated carbocycles. The SMILES string of the molecule is CCc1cccc2c(=O)oc(C(=O)O)cc12. The van der Waals surface area contributed by atoms with Gasteiger partial charge >= 0.3 is 11.6 Å². The van der Waals surface area contributed by atoms with Crippen LogP contribution in [0.5, 0.6) is 0 Å². The van der Waals surface area contributed by atoms with Crippen molar-refractivity contribution in [3.8, 4) is 0 Å². The predicted molar refractivity (Wildman–Crippen MR) is 58.8 cm³/mol. The first-order valence-corrected chi connectivity index (χ1v) is 4.92. The maximum atomic E-state index is 11.5. The quantitative estimate of drug-likeness (QED) is 0.837. The molecule has 0 amide bonds. The minimum atomic E-state index is -1.23. The van der Waals surface area contributed by atoms with Crippen LogP contribution in [0.3, 0.4) is 0 Å². The first-order chi connectivity index (χ1) is 7.63. The summed E-state index contributed by atoms with van der Waals surface area (Å²) in [5, 5.41) is 9.87. The summed E-state index contributed by atoms with van der Waals surface area (Å²) >= 11 is 0. The maximum Gasteiger partial charge on any atom is 0.371 e. The minimum absolute atomic E-state index is 0.321. The Hall–Kier alpha value is -2.10. The third-order valence-corrected chi connectivity index (χ3v) is 2.49. The van der Waals surface area contributed by atoms with Crippen LogP contribution >= 0.6 is 0 Å². The zero-order valence-electron chi connectivity index (χ0n) is 8.69. The van der Waals surface area contributed by atoms with E-state index in [4.69, 9.17) is 9.52 Å². The lowest BCUT2D eigenvalue weighted by atomic mass is 10.0. The Balaban J connectivity index is 2.88. The number of carboxylic acid groups (broad SMARTS) is 1. The number of rotatable bonds is 2. The standard InChI is InChI=1S/C12H10O4/c1-2-7-4-3-5-8-9(7)6-10(11(13)14)16-12(8)15/h3-6H,2H2,1H3,(H,13,14). The van der Waals surface area contributed by atoms with E-state index >= 15 is 0 Å². The topological polar surface area (TPSA) is 67.5 Å². The van der Waals surface area contributed by atoms with Gasteiger partial charge in [-0.1, -0.05) is 19.1 Å². The summed E-state index contributed by atoms with van der Waals surface area (Å²) < 4.78 is 4.70. The van der Waals surface area contributed by atoms with E-state index in [0.29, 0.717) is 10.8 Å². The minimum Gasteiger partial charge on any atom is -0.475 e. The summed E-state index contributed by atoms with van der Waals surface area (Å²) in [6.07, 6.45) is 0.736. The van der Waals surface area contributed by atoms with Gasteiger partial charge < -0.3 is 9.52 Å². The number of hydrogen-bond acceptors (Lipinski definition) is 3. The molecule has 0 aliphatic carbocycles. The van der Waals surface area contributed by atoms with Gasteiger partial charge in [-0.25, -0.2) is 9.59 Å². The normalized spacial score (nSPS) is 10.6. The maximum absolute atomic E-state index is 11.5.